The molecule has 2 amide bonds. The average molecular weight is 490 g/mol. The number of rotatable bonds is 14. The van der Waals surface area contributed by atoms with Gasteiger partial charge in [0.05, 0.1) is 13.0 Å². The van der Waals surface area contributed by atoms with Crippen molar-refractivity contribution in [1.82, 2.24) is 15.5 Å². The Morgan fingerprint density at radius 2 is 1.65 bits per heavy atom. The third kappa shape index (κ3) is 10.2. The third-order valence-electron chi connectivity index (χ3n) is 5.97. The van der Waals surface area contributed by atoms with Crippen LogP contribution >= 0.6 is 12.2 Å². The lowest BCUT2D eigenvalue weighted by Crippen LogP contribution is -2.60. The fourth-order valence-electron chi connectivity index (χ4n) is 3.98. The van der Waals surface area contributed by atoms with E-state index in [1.807, 2.05) is 6.07 Å². The molecule has 1 fully saturated rings. The summed E-state index contributed by atoms with van der Waals surface area (Å²) in [6.45, 7) is 3.40. The van der Waals surface area contributed by atoms with Gasteiger partial charge in [-0.3, -0.25) is 19.7 Å². The number of ether oxygens (including phenoxy) is 1. The highest BCUT2D eigenvalue weighted by molar-refractivity contribution is 7.80. The summed E-state index contributed by atoms with van der Waals surface area (Å²) in [6, 6.07) is 7.92. The van der Waals surface area contributed by atoms with Crippen LogP contribution in [0.5, 0.6) is 0 Å². The molecular formula is C26H39N3O4S. The molecule has 1 aromatic carbocycles. The Hall–Kier alpha value is -2.48. The Labute approximate surface area is 209 Å². The van der Waals surface area contributed by atoms with Gasteiger partial charge in [0.1, 0.15) is 6.04 Å². The molecule has 0 aromatic heterocycles. The topological polar surface area (TPSA) is 87.7 Å². The number of nitrogens with zero attached hydrogens (tertiary/aromatic N) is 1. The SMILES string of the molecule is CCCCCCCCCCCCOC(=O)CC1C(=O)NCCN1C(=S)NC(=O)c1ccccc1. The van der Waals surface area contributed by atoms with Crippen molar-refractivity contribution in [2.75, 3.05) is 19.7 Å². The van der Waals surface area contributed by atoms with Crippen LogP contribution in [0, 0.1) is 0 Å². The van der Waals surface area contributed by atoms with Crippen LogP contribution in [0.2, 0.25) is 0 Å². The van der Waals surface area contributed by atoms with Crippen LogP contribution in [-0.2, 0) is 14.3 Å². The molecule has 34 heavy (non-hydrogen) atoms. The van der Waals surface area contributed by atoms with Gasteiger partial charge in [-0.2, -0.15) is 0 Å². The van der Waals surface area contributed by atoms with Crippen LogP contribution in [0.3, 0.4) is 0 Å². The summed E-state index contributed by atoms with van der Waals surface area (Å²) in [6.07, 6.45) is 12.0. The van der Waals surface area contributed by atoms with E-state index in [9.17, 15) is 14.4 Å². The minimum absolute atomic E-state index is 0.106. The highest BCUT2D eigenvalue weighted by atomic mass is 32.1. The number of carbonyl (C=O) groups excluding carboxylic acids is 3. The Balaban J connectivity index is 1.68. The molecule has 0 spiro atoms. The molecule has 2 N–H and O–H groups in total. The second kappa shape index (κ2) is 16.2. The van der Waals surface area contributed by atoms with E-state index in [2.05, 4.69) is 17.6 Å². The first-order valence-corrected chi connectivity index (χ1v) is 13.0. The van der Waals surface area contributed by atoms with Gasteiger partial charge in [-0.15, -0.1) is 0 Å². The number of hydrogen-bond donors (Lipinski definition) is 2. The van der Waals surface area contributed by atoms with E-state index >= 15 is 0 Å². The summed E-state index contributed by atoms with van der Waals surface area (Å²) in [7, 11) is 0. The van der Waals surface area contributed by atoms with Crippen LogP contribution < -0.4 is 10.6 Å². The van der Waals surface area contributed by atoms with E-state index in [0.29, 0.717) is 25.3 Å². The lowest BCUT2D eigenvalue weighted by atomic mass is 10.1. The van der Waals surface area contributed by atoms with Crippen LogP contribution in [0.4, 0.5) is 0 Å². The van der Waals surface area contributed by atoms with Crippen molar-refractivity contribution in [3.8, 4) is 0 Å². The number of unbranched alkanes of at least 4 members (excludes halogenated alkanes) is 9. The number of nitrogens with one attached hydrogen (secondary N) is 2. The van der Waals surface area contributed by atoms with Gasteiger partial charge in [0.25, 0.3) is 5.91 Å². The summed E-state index contributed by atoms with van der Waals surface area (Å²) in [4.78, 5) is 38.8. The molecular weight excluding hydrogens is 450 g/mol. The predicted octanol–water partition coefficient (Wildman–Crippen LogP) is 4.36. The van der Waals surface area contributed by atoms with Crippen LogP contribution in [0.15, 0.2) is 30.3 Å². The first-order valence-electron chi connectivity index (χ1n) is 12.6. The van der Waals surface area contributed by atoms with Crippen molar-refractivity contribution in [2.45, 2.75) is 83.6 Å². The van der Waals surface area contributed by atoms with Gasteiger partial charge in [-0.05, 0) is 30.8 Å². The molecule has 1 aliphatic heterocycles. The maximum atomic E-state index is 12.4. The lowest BCUT2D eigenvalue weighted by molar-refractivity contribution is -0.147. The average Bonchev–Trinajstić information content (AvgIpc) is 2.84. The molecule has 1 aromatic rings. The second-order valence-corrected chi connectivity index (χ2v) is 9.12. The Morgan fingerprint density at radius 3 is 2.29 bits per heavy atom. The normalized spacial score (nSPS) is 15.5. The standard InChI is InChI=1S/C26H39N3O4S/c1-2-3-4-5-6-7-8-9-10-14-19-33-23(30)20-22-25(32)27-17-18-29(22)26(34)28-24(31)21-15-12-11-13-16-21/h11-13,15-16,22H,2-10,14,17-20H2,1H3,(H,27,32)(H,28,31,34). The number of piperazine rings is 1. The predicted molar refractivity (Wildman–Crippen MR) is 137 cm³/mol. The number of benzene rings is 1. The first kappa shape index (κ1) is 27.8. The Morgan fingerprint density at radius 1 is 1.03 bits per heavy atom. The maximum Gasteiger partial charge on any atom is 0.308 e. The number of carbonyl (C=O) groups is 3. The third-order valence-corrected chi connectivity index (χ3v) is 6.31. The number of hydrogen-bond acceptors (Lipinski definition) is 5. The Kier molecular flexibility index (Phi) is 13.2. The van der Waals surface area contributed by atoms with Crippen LogP contribution in [0.1, 0.15) is 87.9 Å². The molecule has 0 radical (unpaired) electrons. The van der Waals surface area contributed by atoms with Crippen molar-refractivity contribution in [3.05, 3.63) is 35.9 Å². The molecule has 0 saturated carbocycles. The fourth-order valence-corrected chi connectivity index (χ4v) is 4.29. The van der Waals surface area contributed by atoms with E-state index in [0.717, 1.165) is 19.3 Å². The summed E-state index contributed by atoms with van der Waals surface area (Å²) in [5.74, 6) is -1.07. The molecule has 2 rings (SSSR count). The van der Waals surface area contributed by atoms with Crippen molar-refractivity contribution < 1.29 is 19.1 Å². The molecule has 1 aliphatic rings. The number of esters is 1. The molecule has 1 heterocycles. The van der Waals surface area contributed by atoms with E-state index < -0.39 is 12.0 Å². The van der Waals surface area contributed by atoms with E-state index in [4.69, 9.17) is 17.0 Å². The van der Waals surface area contributed by atoms with Gasteiger partial charge in [-0.25, -0.2) is 0 Å². The first-order chi connectivity index (χ1) is 16.5. The van der Waals surface area contributed by atoms with Gasteiger partial charge in [-0.1, -0.05) is 82.9 Å². The summed E-state index contributed by atoms with van der Waals surface area (Å²) in [5.41, 5.74) is 0.471. The van der Waals surface area contributed by atoms with E-state index in [1.165, 1.54) is 44.9 Å². The van der Waals surface area contributed by atoms with Crippen LogP contribution in [-0.4, -0.2) is 53.5 Å². The lowest BCUT2D eigenvalue weighted by Gasteiger charge is -2.36. The zero-order chi connectivity index (χ0) is 24.6. The molecule has 8 heteroatoms. The largest absolute Gasteiger partial charge is 0.466 e. The summed E-state index contributed by atoms with van der Waals surface area (Å²) < 4.78 is 5.37. The molecule has 1 unspecified atom stereocenters. The quantitative estimate of drug-likeness (QED) is 0.229. The van der Waals surface area contributed by atoms with E-state index in [1.54, 1.807) is 29.2 Å². The molecule has 0 bridgehead atoms. The molecule has 188 valence electrons. The zero-order valence-electron chi connectivity index (χ0n) is 20.4. The van der Waals surface area contributed by atoms with Crippen molar-refractivity contribution in [2.24, 2.45) is 0 Å². The van der Waals surface area contributed by atoms with Gasteiger partial charge >= 0.3 is 5.97 Å². The smallest absolute Gasteiger partial charge is 0.308 e. The van der Waals surface area contributed by atoms with Crippen molar-refractivity contribution >= 4 is 35.1 Å². The minimum atomic E-state index is -0.794. The minimum Gasteiger partial charge on any atom is -0.466 e. The molecule has 1 saturated heterocycles. The van der Waals surface area contributed by atoms with Gasteiger partial charge in [0, 0.05) is 18.7 Å². The zero-order valence-corrected chi connectivity index (χ0v) is 21.2. The maximum absolute atomic E-state index is 12.4. The highest BCUT2D eigenvalue weighted by Crippen LogP contribution is 2.13. The molecule has 7 nitrogen and oxygen atoms in total. The van der Waals surface area contributed by atoms with Gasteiger partial charge in [0.2, 0.25) is 5.91 Å². The monoisotopic (exact) mass is 489 g/mol. The second-order valence-electron chi connectivity index (χ2n) is 8.73. The van der Waals surface area contributed by atoms with Gasteiger partial charge < -0.3 is 15.0 Å². The van der Waals surface area contributed by atoms with Crippen molar-refractivity contribution in [3.63, 3.8) is 0 Å². The number of thiocarbonyl (C=S) groups is 1. The highest BCUT2D eigenvalue weighted by Gasteiger charge is 2.34. The summed E-state index contributed by atoms with van der Waals surface area (Å²) in [5, 5.41) is 5.56. The fraction of sp³-hybridized carbons (Fsp3) is 0.615. The summed E-state index contributed by atoms with van der Waals surface area (Å²) >= 11 is 5.38. The van der Waals surface area contributed by atoms with E-state index in [-0.39, 0.29) is 23.3 Å². The molecule has 1 atom stereocenters. The van der Waals surface area contributed by atoms with Gasteiger partial charge in [0.15, 0.2) is 5.11 Å². The van der Waals surface area contributed by atoms with Crippen LogP contribution in [0.25, 0.3) is 0 Å². The Bertz CT molecular complexity index is 788. The van der Waals surface area contributed by atoms with Crippen molar-refractivity contribution in [1.29, 1.82) is 0 Å². The number of amides is 2. The molecule has 0 aliphatic carbocycles.